The molecule has 0 aromatic heterocycles. The first-order valence-corrected chi connectivity index (χ1v) is 15.7. The van der Waals surface area contributed by atoms with Crippen LogP contribution in [-0.2, 0) is 14.2 Å². The van der Waals surface area contributed by atoms with Crippen molar-refractivity contribution in [3.8, 4) is 0 Å². The first-order valence-electron chi connectivity index (χ1n) is 12.5. The number of alkyl halides is 3. The number of allylic oxidation sites excluding steroid dienone is 3. The minimum Gasteiger partial charge on any atom is -0.496 e. The molecule has 0 aliphatic heterocycles. The van der Waals surface area contributed by atoms with E-state index in [2.05, 4.69) is 97.3 Å². The highest BCUT2D eigenvalue weighted by Crippen LogP contribution is 2.52. The highest BCUT2D eigenvalue weighted by molar-refractivity contribution is 14.1. The number of hydrogen-bond donors (Lipinski definition) is 0. The molecule has 0 N–H and O–H groups in total. The van der Waals surface area contributed by atoms with E-state index < -0.39 is 0 Å². The lowest BCUT2D eigenvalue weighted by atomic mass is 9.60. The van der Waals surface area contributed by atoms with Crippen molar-refractivity contribution in [1.82, 2.24) is 0 Å². The molecule has 3 fully saturated rings. The second kappa shape index (κ2) is 15.2. The first kappa shape index (κ1) is 33.5. The Bertz CT molecular complexity index is 796. The summed E-state index contributed by atoms with van der Waals surface area (Å²) in [5, 5.41) is 1.08. The molecular formula is C30H45BrClIO3. The lowest BCUT2D eigenvalue weighted by Crippen LogP contribution is -2.38. The van der Waals surface area contributed by atoms with Gasteiger partial charge < -0.3 is 14.2 Å². The first-order chi connectivity index (χ1) is 16.9. The van der Waals surface area contributed by atoms with Crippen LogP contribution in [0.1, 0.15) is 60.8 Å². The van der Waals surface area contributed by atoms with Gasteiger partial charge in [-0.05, 0) is 70.0 Å². The van der Waals surface area contributed by atoms with Crippen LogP contribution < -0.4 is 0 Å². The Morgan fingerprint density at radius 2 is 1.08 bits per heavy atom. The Kier molecular flexibility index (Phi) is 14.1. The van der Waals surface area contributed by atoms with Gasteiger partial charge in [0, 0.05) is 15.6 Å². The van der Waals surface area contributed by atoms with E-state index in [0.29, 0.717) is 16.7 Å². The molecule has 6 heteroatoms. The molecule has 0 spiro atoms. The predicted octanol–water partition coefficient (Wildman–Crippen LogP) is 9.22. The number of halogens is 3. The van der Waals surface area contributed by atoms with Crippen molar-refractivity contribution >= 4 is 50.1 Å². The van der Waals surface area contributed by atoms with Gasteiger partial charge in [0.05, 0.1) is 21.3 Å². The molecule has 0 saturated heterocycles. The van der Waals surface area contributed by atoms with Crippen molar-refractivity contribution < 1.29 is 14.2 Å². The van der Waals surface area contributed by atoms with Crippen LogP contribution in [0.2, 0.25) is 0 Å². The zero-order valence-corrected chi connectivity index (χ0v) is 28.1. The number of ether oxygens (including phenoxy) is 3. The van der Waals surface area contributed by atoms with Gasteiger partial charge in [-0.3, -0.25) is 0 Å². The number of methoxy groups -OCH3 is 3. The van der Waals surface area contributed by atoms with E-state index in [1.54, 1.807) is 40.1 Å². The Morgan fingerprint density at radius 1 is 0.750 bits per heavy atom. The summed E-state index contributed by atoms with van der Waals surface area (Å²) in [6.07, 6.45) is 8.31. The molecule has 0 heterocycles. The summed E-state index contributed by atoms with van der Waals surface area (Å²) in [5.41, 5.74) is 14.4. The molecule has 0 amide bonds. The largest absolute Gasteiger partial charge is 0.496 e. The molecule has 3 saturated carbocycles. The third-order valence-corrected chi connectivity index (χ3v) is 10.6. The fourth-order valence-corrected chi connectivity index (χ4v) is 7.45. The molecule has 36 heavy (non-hydrogen) atoms. The molecule has 0 aromatic carbocycles. The van der Waals surface area contributed by atoms with Crippen molar-refractivity contribution in [3.05, 3.63) is 52.7 Å². The molecule has 3 aliphatic rings. The van der Waals surface area contributed by atoms with E-state index in [1.807, 2.05) is 0 Å². The van der Waals surface area contributed by atoms with Gasteiger partial charge in [0.2, 0.25) is 0 Å². The van der Waals surface area contributed by atoms with Gasteiger partial charge in [0.25, 0.3) is 0 Å². The fourth-order valence-electron chi connectivity index (χ4n) is 4.51. The second-order valence-corrected chi connectivity index (χ2v) is 13.1. The quantitative estimate of drug-likeness (QED) is 0.120. The van der Waals surface area contributed by atoms with E-state index in [4.69, 9.17) is 25.8 Å². The smallest absolute Gasteiger partial charge is 0.125 e. The fraction of sp³-hybridized carbons (Fsp3) is 0.700. The molecule has 3 nitrogen and oxygen atoms in total. The van der Waals surface area contributed by atoms with Crippen LogP contribution in [0.4, 0.5) is 0 Å². The van der Waals surface area contributed by atoms with E-state index in [9.17, 15) is 0 Å². The van der Waals surface area contributed by atoms with Gasteiger partial charge in [-0.1, -0.05) is 97.3 Å². The zero-order chi connectivity index (χ0) is 27.6. The van der Waals surface area contributed by atoms with Crippen LogP contribution in [-0.4, -0.2) is 37.0 Å². The highest BCUT2D eigenvalue weighted by Gasteiger charge is 2.44. The van der Waals surface area contributed by atoms with Crippen molar-refractivity contribution in [2.75, 3.05) is 37.0 Å². The third-order valence-electron chi connectivity index (χ3n) is 8.36. The summed E-state index contributed by atoms with van der Waals surface area (Å²) in [4.78, 5) is 0. The van der Waals surface area contributed by atoms with E-state index in [1.165, 1.54) is 27.6 Å². The van der Waals surface area contributed by atoms with Crippen molar-refractivity contribution in [1.29, 1.82) is 0 Å². The molecular weight excluding hydrogens is 651 g/mol. The Labute approximate surface area is 247 Å². The van der Waals surface area contributed by atoms with Gasteiger partial charge in [0.15, 0.2) is 0 Å². The van der Waals surface area contributed by atoms with Gasteiger partial charge >= 0.3 is 0 Å². The topological polar surface area (TPSA) is 27.7 Å². The lowest BCUT2D eigenvalue weighted by molar-refractivity contribution is 0.190. The molecule has 3 rings (SSSR count). The van der Waals surface area contributed by atoms with E-state index >= 15 is 0 Å². The third kappa shape index (κ3) is 8.23. The van der Waals surface area contributed by atoms with Gasteiger partial charge in [-0.2, -0.15) is 0 Å². The van der Waals surface area contributed by atoms with Crippen molar-refractivity contribution in [2.24, 2.45) is 34.0 Å². The molecule has 204 valence electrons. The van der Waals surface area contributed by atoms with Gasteiger partial charge in [0.1, 0.15) is 18.8 Å². The monoisotopic (exact) mass is 694 g/mol. The minimum atomic E-state index is 0.219. The average molecular weight is 696 g/mol. The highest BCUT2D eigenvalue weighted by atomic mass is 127. The van der Waals surface area contributed by atoms with Crippen LogP contribution >= 0.6 is 50.1 Å². The van der Waals surface area contributed by atoms with E-state index in [-0.39, 0.29) is 5.41 Å². The molecule has 3 aliphatic carbocycles. The summed E-state index contributed by atoms with van der Waals surface area (Å²) in [7, 11) is 4.95. The van der Waals surface area contributed by atoms with E-state index in [0.717, 1.165) is 35.9 Å². The summed E-state index contributed by atoms with van der Waals surface area (Å²) in [6.45, 7) is 13.5. The second-order valence-electron chi connectivity index (χ2n) is 11.3. The summed E-state index contributed by atoms with van der Waals surface area (Å²) < 4.78 is 15.8. The number of rotatable bonds is 6. The lowest BCUT2D eigenvalue weighted by Gasteiger charge is -2.45. The van der Waals surface area contributed by atoms with Crippen LogP contribution in [0.3, 0.4) is 0 Å². The van der Waals surface area contributed by atoms with Gasteiger partial charge in [-0.25, -0.2) is 0 Å². The standard InChI is InChI=1S/C10H15BrO.C10H15ClO.C10H15IO/c3*1-10(2)8(4-5-12-3)6-9(10)7-11/h3*5,9H,6-7H2,1-3H3. The zero-order valence-electron chi connectivity index (χ0n) is 23.6. The SMILES string of the molecule is COC=C=C1CC(CBr)C1(C)C.COC=C=C1CC(CCl)C1(C)C.COC=C=C1CC(CI)C1(C)C. The summed E-state index contributed by atoms with van der Waals surface area (Å²) in [5.74, 6) is 2.92. The van der Waals surface area contributed by atoms with Crippen LogP contribution in [0.15, 0.2) is 52.7 Å². The maximum atomic E-state index is 5.80. The maximum Gasteiger partial charge on any atom is 0.125 e. The van der Waals surface area contributed by atoms with Crippen molar-refractivity contribution in [2.45, 2.75) is 60.8 Å². The molecule has 3 unspecified atom stereocenters. The summed E-state index contributed by atoms with van der Waals surface area (Å²) in [6, 6.07) is 0. The normalized spacial score (nSPS) is 25.7. The summed E-state index contributed by atoms with van der Waals surface area (Å²) >= 11 is 11.8. The minimum absolute atomic E-state index is 0.219. The molecule has 0 radical (unpaired) electrons. The Hall–Kier alpha value is -0.540. The Balaban J connectivity index is 0.000000270. The predicted molar refractivity (Wildman–Crippen MR) is 165 cm³/mol. The molecule has 0 bridgehead atoms. The maximum absolute atomic E-state index is 5.80. The van der Waals surface area contributed by atoms with Crippen LogP contribution in [0.25, 0.3) is 0 Å². The van der Waals surface area contributed by atoms with Crippen LogP contribution in [0.5, 0.6) is 0 Å². The van der Waals surface area contributed by atoms with Crippen molar-refractivity contribution in [3.63, 3.8) is 0 Å². The number of hydrogen-bond acceptors (Lipinski definition) is 3. The molecule has 3 atom stereocenters. The Morgan fingerprint density at radius 3 is 1.33 bits per heavy atom. The van der Waals surface area contributed by atoms with Crippen LogP contribution in [0, 0.1) is 34.0 Å². The average Bonchev–Trinajstić information content (AvgIpc) is 2.83. The van der Waals surface area contributed by atoms with Gasteiger partial charge in [-0.15, -0.1) is 11.6 Å². The molecule has 0 aromatic rings.